The molecule has 2 nitrogen and oxygen atoms in total. The van der Waals surface area contributed by atoms with Gasteiger partial charge in [0.25, 0.3) is 0 Å². The number of benzene rings is 1. The molecule has 20 heavy (non-hydrogen) atoms. The van der Waals surface area contributed by atoms with Crippen molar-refractivity contribution in [3.05, 3.63) is 29.3 Å². The molecule has 3 rings (SSSR count). The van der Waals surface area contributed by atoms with Gasteiger partial charge in [-0.05, 0) is 43.4 Å². The maximum Gasteiger partial charge on any atom is 0.108 e. The molecular formula is C17H24N2S. The van der Waals surface area contributed by atoms with E-state index in [4.69, 9.17) is 0 Å². The van der Waals surface area contributed by atoms with Gasteiger partial charge in [0.05, 0.1) is 10.2 Å². The standard InChI is InChI=1S/C17H24N2S/c1-13-5-4-6-14(11-13)9-10-18-12-17-19-15-7-2-3-8-16(15)20-17/h2-3,7-8,13-14,18H,4-6,9-12H2,1H3. The number of nitrogens with zero attached hydrogens (tertiary/aromatic N) is 1. The first-order chi connectivity index (χ1) is 9.81. The van der Waals surface area contributed by atoms with E-state index in [9.17, 15) is 0 Å². The summed E-state index contributed by atoms with van der Waals surface area (Å²) in [4.78, 5) is 4.67. The molecule has 108 valence electrons. The molecule has 1 fully saturated rings. The Balaban J connectivity index is 1.43. The van der Waals surface area contributed by atoms with Crippen LogP contribution in [0.2, 0.25) is 0 Å². The van der Waals surface area contributed by atoms with Crippen LogP contribution >= 0.6 is 11.3 Å². The zero-order valence-corrected chi connectivity index (χ0v) is 13.1. The Morgan fingerprint density at radius 3 is 3.05 bits per heavy atom. The van der Waals surface area contributed by atoms with Crippen molar-refractivity contribution in [2.75, 3.05) is 6.54 Å². The van der Waals surface area contributed by atoms with Crippen molar-refractivity contribution in [3.8, 4) is 0 Å². The zero-order valence-electron chi connectivity index (χ0n) is 12.3. The largest absolute Gasteiger partial charge is 0.310 e. The molecule has 1 N–H and O–H groups in total. The Morgan fingerprint density at radius 1 is 1.30 bits per heavy atom. The summed E-state index contributed by atoms with van der Waals surface area (Å²) in [6.07, 6.45) is 7.07. The predicted molar refractivity (Wildman–Crippen MR) is 87.1 cm³/mol. The molecule has 2 unspecified atom stereocenters. The van der Waals surface area contributed by atoms with E-state index in [1.54, 1.807) is 0 Å². The van der Waals surface area contributed by atoms with Crippen LogP contribution in [0.1, 0.15) is 44.0 Å². The fraction of sp³-hybridized carbons (Fsp3) is 0.588. The highest BCUT2D eigenvalue weighted by Gasteiger charge is 2.18. The van der Waals surface area contributed by atoms with Crippen LogP contribution in [0.3, 0.4) is 0 Å². The average molecular weight is 288 g/mol. The summed E-state index contributed by atoms with van der Waals surface area (Å²) in [6.45, 7) is 4.45. The number of aromatic nitrogens is 1. The van der Waals surface area contributed by atoms with Gasteiger partial charge in [0.15, 0.2) is 0 Å². The lowest BCUT2D eigenvalue weighted by atomic mass is 9.81. The van der Waals surface area contributed by atoms with E-state index in [1.165, 1.54) is 41.8 Å². The van der Waals surface area contributed by atoms with Crippen molar-refractivity contribution < 1.29 is 0 Å². The van der Waals surface area contributed by atoms with Crippen LogP contribution in [0, 0.1) is 11.8 Å². The minimum Gasteiger partial charge on any atom is -0.310 e. The van der Waals surface area contributed by atoms with Gasteiger partial charge in [-0.1, -0.05) is 38.3 Å². The van der Waals surface area contributed by atoms with Gasteiger partial charge >= 0.3 is 0 Å². The fourth-order valence-corrected chi connectivity index (χ4v) is 4.26. The molecule has 0 bridgehead atoms. The van der Waals surface area contributed by atoms with Crippen LogP contribution < -0.4 is 5.32 Å². The van der Waals surface area contributed by atoms with E-state index in [0.29, 0.717) is 0 Å². The van der Waals surface area contributed by atoms with Crippen molar-refractivity contribution in [2.24, 2.45) is 11.8 Å². The number of rotatable bonds is 5. The predicted octanol–water partition coefficient (Wildman–Crippen LogP) is 4.60. The Labute approximate surface area is 125 Å². The molecule has 0 radical (unpaired) electrons. The van der Waals surface area contributed by atoms with E-state index < -0.39 is 0 Å². The van der Waals surface area contributed by atoms with Gasteiger partial charge in [-0.3, -0.25) is 0 Å². The van der Waals surface area contributed by atoms with Gasteiger partial charge in [0, 0.05) is 6.54 Å². The number of fused-ring (bicyclic) bond motifs is 1. The summed E-state index contributed by atoms with van der Waals surface area (Å²) in [5.74, 6) is 1.89. The highest BCUT2D eigenvalue weighted by molar-refractivity contribution is 7.18. The molecule has 0 spiro atoms. The van der Waals surface area contributed by atoms with Gasteiger partial charge < -0.3 is 5.32 Å². The summed E-state index contributed by atoms with van der Waals surface area (Å²) < 4.78 is 1.30. The Morgan fingerprint density at radius 2 is 2.20 bits per heavy atom. The van der Waals surface area contributed by atoms with Crippen LogP contribution in [0.4, 0.5) is 0 Å². The first kappa shape index (κ1) is 14.0. The van der Waals surface area contributed by atoms with Crippen molar-refractivity contribution in [1.29, 1.82) is 0 Å². The number of hydrogen-bond acceptors (Lipinski definition) is 3. The first-order valence-corrected chi connectivity index (χ1v) is 8.68. The quantitative estimate of drug-likeness (QED) is 0.813. The Bertz CT molecular complexity index is 516. The normalized spacial score (nSPS) is 23.2. The molecule has 1 aliphatic rings. The molecule has 2 aromatic rings. The molecule has 2 atom stereocenters. The molecule has 1 aromatic carbocycles. The third kappa shape index (κ3) is 3.58. The molecule has 3 heteroatoms. The van der Waals surface area contributed by atoms with E-state index in [1.807, 2.05) is 11.3 Å². The van der Waals surface area contributed by atoms with Crippen molar-refractivity contribution in [3.63, 3.8) is 0 Å². The van der Waals surface area contributed by atoms with Crippen LogP contribution in [0.25, 0.3) is 10.2 Å². The molecule has 1 saturated carbocycles. The van der Waals surface area contributed by atoms with E-state index in [-0.39, 0.29) is 0 Å². The lowest BCUT2D eigenvalue weighted by Gasteiger charge is -2.26. The van der Waals surface area contributed by atoms with Gasteiger partial charge in [0.1, 0.15) is 5.01 Å². The maximum atomic E-state index is 4.67. The minimum atomic E-state index is 0.918. The molecule has 1 heterocycles. The highest BCUT2D eigenvalue weighted by atomic mass is 32.1. The first-order valence-electron chi connectivity index (χ1n) is 7.86. The van der Waals surface area contributed by atoms with E-state index in [0.717, 1.165) is 30.4 Å². The number of nitrogens with one attached hydrogen (secondary N) is 1. The monoisotopic (exact) mass is 288 g/mol. The molecule has 1 aliphatic carbocycles. The highest BCUT2D eigenvalue weighted by Crippen LogP contribution is 2.30. The Kier molecular flexibility index (Phi) is 4.69. The molecular weight excluding hydrogens is 264 g/mol. The minimum absolute atomic E-state index is 0.918. The number of thiazole rings is 1. The van der Waals surface area contributed by atoms with Gasteiger partial charge in [-0.2, -0.15) is 0 Å². The second-order valence-electron chi connectivity index (χ2n) is 6.18. The second-order valence-corrected chi connectivity index (χ2v) is 7.29. The van der Waals surface area contributed by atoms with Crippen LogP contribution in [-0.2, 0) is 6.54 Å². The summed E-state index contributed by atoms with van der Waals surface area (Å²) in [5.41, 5.74) is 1.13. The fourth-order valence-electron chi connectivity index (χ4n) is 3.32. The number of para-hydroxylation sites is 1. The lowest BCUT2D eigenvalue weighted by molar-refractivity contribution is 0.267. The third-order valence-electron chi connectivity index (χ3n) is 4.39. The molecule has 0 amide bonds. The summed E-state index contributed by atoms with van der Waals surface area (Å²) in [7, 11) is 0. The SMILES string of the molecule is CC1CCCC(CCNCc2nc3ccccc3s2)C1. The van der Waals surface area contributed by atoms with Crippen molar-refractivity contribution in [2.45, 2.75) is 45.6 Å². The average Bonchev–Trinajstić information content (AvgIpc) is 2.86. The van der Waals surface area contributed by atoms with Gasteiger partial charge in [-0.25, -0.2) is 4.98 Å². The molecule has 1 aromatic heterocycles. The molecule has 0 saturated heterocycles. The lowest BCUT2D eigenvalue weighted by Crippen LogP contribution is -2.21. The zero-order chi connectivity index (χ0) is 13.8. The second kappa shape index (κ2) is 6.68. The van der Waals surface area contributed by atoms with Crippen molar-refractivity contribution >= 4 is 21.6 Å². The summed E-state index contributed by atoms with van der Waals surface area (Å²) in [5, 5.41) is 4.78. The van der Waals surface area contributed by atoms with Crippen molar-refractivity contribution in [1.82, 2.24) is 10.3 Å². The van der Waals surface area contributed by atoms with E-state index in [2.05, 4.69) is 41.5 Å². The summed E-state index contributed by atoms with van der Waals surface area (Å²) >= 11 is 1.81. The molecule has 0 aliphatic heterocycles. The topological polar surface area (TPSA) is 24.9 Å². The smallest absolute Gasteiger partial charge is 0.108 e. The van der Waals surface area contributed by atoms with Crippen LogP contribution in [0.15, 0.2) is 24.3 Å². The Hall–Kier alpha value is -0.930. The van der Waals surface area contributed by atoms with Crippen LogP contribution in [0.5, 0.6) is 0 Å². The van der Waals surface area contributed by atoms with Crippen LogP contribution in [-0.4, -0.2) is 11.5 Å². The third-order valence-corrected chi connectivity index (χ3v) is 5.43. The van der Waals surface area contributed by atoms with Gasteiger partial charge in [0.2, 0.25) is 0 Å². The van der Waals surface area contributed by atoms with E-state index >= 15 is 0 Å². The number of hydrogen-bond donors (Lipinski definition) is 1. The van der Waals surface area contributed by atoms with Gasteiger partial charge in [-0.15, -0.1) is 11.3 Å². The maximum absolute atomic E-state index is 4.67. The summed E-state index contributed by atoms with van der Waals surface area (Å²) in [6, 6.07) is 8.39.